The van der Waals surface area contributed by atoms with E-state index in [4.69, 9.17) is 14.2 Å². The topological polar surface area (TPSA) is 125 Å². The molecule has 0 saturated carbocycles. The molecule has 0 spiro atoms. The van der Waals surface area contributed by atoms with E-state index in [0.29, 0.717) is 22.3 Å². The second-order valence-corrected chi connectivity index (χ2v) is 8.96. The van der Waals surface area contributed by atoms with Crippen molar-refractivity contribution in [3.63, 3.8) is 0 Å². The maximum absolute atomic E-state index is 15.1. The summed E-state index contributed by atoms with van der Waals surface area (Å²) in [7, 11) is 2.90. The first kappa shape index (κ1) is 28.2. The zero-order valence-electron chi connectivity index (χ0n) is 22.4. The molecule has 0 unspecified atom stereocenters. The second-order valence-electron chi connectivity index (χ2n) is 8.96. The number of carbonyl (C=O) groups is 1. The predicted octanol–water partition coefficient (Wildman–Crippen LogP) is 4.79. The highest BCUT2D eigenvalue weighted by molar-refractivity contribution is 6.04. The van der Waals surface area contributed by atoms with Gasteiger partial charge in [-0.2, -0.15) is 0 Å². The Bertz CT molecular complexity index is 1840. The molecule has 3 aromatic heterocycles. The third kappa shape index (κ3) is 5.74. The number of aliphatic hydroxyl groups excluding tert-OH is 1. The minimum absolute atomic E-state index is 0.0641. The van der Waals surface area contributed by atoms with Crippen molar-refractivity contribution in [2.75, 3.05) is 26.1 Å². The second kappa shape index (κ2) is 12.0. The third-order valence-electron chi connectivity index (χ3n) is 6.27. The molecule has 0 aliphatic carbocycles. The van der Waals surface area contributed by atoms with Crippen LogP contribution in [0.5, 0.6) is 23.1 Å². The molecule has 1 amide bonds. The number of benzene rings is 2. The fourth-order valence-corrected chi connectivity index (χ4v) is 4.24. The van der Waals surface area contributed by atoms with Crippen LogP contribution >= 0.6 is 0 Å². The van der Waals surface area contributed by atoms with Gasteiger partial charge in [-0.1, -0.05) is 12.1 Å². The molecular formula is C30H24F2N4O6. The molecule has 0 aliphatic heterocycles. The van der Waals surface area contributed by atoms with E-state index in [-0.39, 0.29) is 47.3 Å². The molecule has 2 N–H and O–H groups in total. The van der Waals surface area contributed by atoms with Gasteiger partial charge in [0.2, 0.25) is 5.43 Å². The van der Waals surface area contributed by atoms with E-state index in [1.54, 1.807) is 6.07 Å². The van der Waals surface area contributed by atoms with Crippen LogP contribution < -0.4 is 25.0 Å². The van der Waals surface area contributed by atoms with E-state index in [0.717, 1.165) is 6.07 Å². The fraction of sp³-hybridized carbons (Fsp3) is 0.133. The van der Waals surface area contributed by atoms with Crippen LogP contribution in [0.1, 0.15) is 10.4 Å². The molecule has 10 nitrogen and oxygen atoms in total. The van der Waals surface area contributed by atoms with Crippen molar-refractivity contribution >= 4 is 22.6 Å². The summed E-state index contributed by atoms with van der Waals surface area (Å²) < 4.78 is 46.3. The highest BCUT2D eigenvalue weighted by atomic mass is 19.1. The lowest BCUT2D eigenvalue weighted by atomic mass is 10.0. The van der Waals surface area contributed by atoms with Gasteiger partial charge in [-0.25, -0.2) is 13.8 Å². The van der Waals surface area contributed by atoms with E-state index >= 15 is 4.39 Å². The summed E-state index contributed by atoms with van der Waals surface area (Å²) in [5.74, 6) is -1.45. The first-order valence-electron chi connectivity index (χ1n) is 12.6. The van der Waals surface area contributed by atoms with E-state index in [1.807, 2.05) is 0 Å². The van der Waals surface area contributed by atoms with Gasteiger partial charge in [0.05, 0.1) is 26.3 Å². The average molecular weight is 575 g/mol. The number of halogens is 2. The van der Waals surface area contributed by atoms with Crippen LogP contribution in [0, 0.1) is 11.6 Å². The summed E-state index contributed by atoms with van der Waals surface area (Å²) >= 11 is 0. The van der Waals surface area contributed by atoms with Gasteiger partial charge in [0, 0.05) is 54.6 Å². The lowest BCUT2D eigenvalue weighted by Gasteiger charge is -2.13. The Kier molecular flexibility index (Phi) is 8.07. The Morgan fingerprint density at radius 1 is 0.976 bits per heavy atom. The van der Waals surface area contributed by atoms with Crippen LogP contribution in [0.4, 0.5) is 14.5 Å². The highest BCUT2D eigenvalue weighted by Gasteiger charge is 2.18. The molecule has 0 saturated heterocycles. The Balaban J connectivity index is 1.42. The summed E-state index contributed by atoms with van der Waals surface area (Å²) in [6.07, 6.45) is 4.23. The largest absolute Gasteiger partial charge is 0.491 e. The summed E-state index contributed by atoms with van der Waals surface area (Å²) in [4.78, 5) is 35.0. The Morgan fingerprint density at radius 2 is 1.76 bits per heavy atom. The van der Waals surface area contributed by atoms with E-state index in [1.165, 1.54) is 79.8 Å². The van der Waals surface area contributed by atoms with Gasteiger partial charge in [-0.05, 0) is 29.8 Å². The number of aromatic nitrogens is 3. The van der Waals surface area contributed by atoms with Crippen LogP contribution in [0.3, 0.4) is 0 Å². The number of hydrogen-bond donors (Lipinski definition) is 2. The lowest BCUT2D eigenvalue weighted by Crippen LogP contribution is -2.25. The average Bonchev–Trinajstić information content (AvgIpc) is 2.99. The quantitative estimate of drug-likeness (QED) is 0.258. The monoisotopic (exact) mass is 574 g/mol. The third-order valence-corrected chi connectivity index (χ3v) is 6.27. The molecule has 0 aliphatic rings. The molecule has 0 radical (unpaired) electrons. The normalized spacial score (nSPS) is 10.9. The minimum atomic E-state index is -0.797. The molecule has 3 heterocycles. The summed E-state index contributed by atoms with van der Waals surface area (Å²) in [6, 6.07) is 12.1. The molecular weight excluding hydrogens is 550 g/mol. The number of hydrogen-bond acceptors (Lipinski definition) is 8. The maximum atomic E-state index is 15.1. The van der Waals surface area contributed by atoms with Gasteiger partial charge in [0.25, 0.3) is 11.8 Å². The van der Waals surface area contributed by atoms with Gasteiger partial charge >= 0.3 is 0 Å². The number of nitrogens with zero attached hydrogens (tertiary/aromatic N) is 3. The van der Waals surface area contributed by atoms with Crippen molar-refractivity contribution in [1.82, 2.24) is 14.5 Å². The van der Waals surface area contributed by atoms with Crippen molar-refractivity contribution in [3.05, 3.63) is 101 Å². The van der Waals surface area contributed by atoms with Gasteiger partial charge < -0.3 is 29.2 Å². The van der Waals surface area contributed by atoms with E-state index in [2.05, 4.69) is 15.3 Å². The lowest BCUT2D eigenvalue weighted by molar-refractivity contribution is 0.102. The minimum Gasteiger partial charge on any atom is -0.491 e. The number of anilines is 1. The SMILES string of the molecule is COc1cc2nccc(Oc3ccc(NC(=O)c4cn(CCO)cc(-c5ccc(F)cc5)c4=O)cc3F)c2nc1OC. The molecule has 5 rings (SSSR count). The molecule has 0 atom stereocenters. The van der Waals surface area contributed by atoms with Gasteiger partial charge in [0.15, 0.2) is 23.1 Å². The Labute approximate surface area is 237 Å². The first-order chi connectivity index (χ1) is 20.3. The molecule has 42 heavy (non-hydrogen) atoms. The van der Waals surface area contributed by atoms with Crippen LogP contribution in [0.25, 0.3) is 22.2 Å². The number of rotatable bonds is 9. The van der Waals surface area contributed by atoms with Crippen LogP contribution in [0.2, 0.25) is 0 Å². The Morgan fingerprint density at radius 3 is 2.45 bits per heavy atom. The van der Waals surface area contributed by atoms with Gasteiger partial charge in [-0.3, -0.25) is 14.6 Å². The fourth-order valence-electron chi connectivity index (χ4n) is 4.24. The van der Waals surface area contributed by atoms with Crippen molar-refractivity contribution in [2.24, 2.45) is 0 Å². The number of amides is 1. The molecule has 0 bridgehead atoms. The van der Waals surface area contributed by atoms with E-state index in [9.17, 15) is 19.1 Å². The maximum Gasteiger partial charge on any atom is 0.261 e. The molecule has 2 aromatic carbocycles. The van der Waals surface area contributed by atoms with Crippen molar-refractivity contribution < 1.29 is 32.9 Å². The van der Waals surface area contributed by atoms with Crippen molar-refractivity contribution in [2.45, 2.75) is 6.54 Å². The molecule has 12 heteroatoms. The Hall–Kier alpha value is -5.36. The standard InChI is InChI=1S/C30H24F2N4O6/c1-40-26-14-23-27(35-30(26)41-2)25(9-10-33-23)42-24-8-7-19(13-22(24)32)34-29(39)21-16-36(11-12-37)15-20(28(21)38)17-3-5-18(31)6-4-17/h3-10,13-16,37H,11-12H2,1-2H3,(H,34,39). The van der Waals surface area contributed by atoms with Gasteiger partial charge in [-0.15, -0.1) is 0 Å². The van der Waals surface area contributed by atoms with Crippen LogP contribution in [-0.4, -0.2) is 46.4 Å². The zero-order valence-corrected chi connectivity index (χ0v) is 22.4. The molecule has 5 aromatic rings. The highest BCUT2D eigenvalue weighted by Crippen LogP contribution is 2.35. The molecule has 0 fully saturated rings. The van der Waals surface area contributed by atoms with Crippen LogP contribution in [-0.2, 0) is 6.54 Å². The van der Waals surface area contributed by atoms with Crippen LogP contribution in [0.15, 0.2) is 78.0 Å². The van der Waals surface area contributed by atoms with E-state index < -0.39 is 23.0 Å². The van der Waals surface area contributed by atoms with Gasteiger partial charge in [0.1, 0.15) is 16.9 Å². The summed E-state index contributed by atoms with van der Waals surface area (Å²) in [6.45, 7) is -0.144. The van der Waals surface area contributed by atoms with Crippen molar-refractivity contribution in [1.29, 1.82) is 0 Å². The zero-order chi connectivity index (χ0) is 29.8. The number of fused-ring (bicyclic) bond motifs is 1. The number of ether oxygens (including phenoxy) is 3. The van der Waals surface area contributed by atoms with Crippen molar-refractivity contribution in [3.8, 4) is 34.3 Å². The number of aliphatic hydroxyl groups is 1. The smallest absolute Gasteiger partial charge is 0.261 e. The molecule has 214 valence electrons. The number of nitrogens with one attached hydrogen (secondary N) is 1. The number of methoxy groups -OCH3 is 2. The first-order valence-corrected chi connectivity index (χ1v) is 12.6. The summed E-state index contributed by atoms with van der Waals surface area (Å²) in [5.41, 5.74) is 0.482. The summed E-state index contributed by atoms with van der Waals surface area (Å²) in [5, 5.41) is 11.9. The number of pyridine rings is 3. The predicted molar refractivity (Wildman–Crippen MR) is 150 cm³/mol. The number of carbonyl (C=O) groups excluding carboxylic acids is 1.